The quantitative estimate of drug-likeness (QED) is 0.232. The fraction of sp³-hybridized carbons (Fsp3) is 0.0714. The highest BCUT2D eigenvalue weighted by Gasteiger charge is 2.17. The van der Waals surface area contributed by atoms with Gasteiger partial charge in [-0.2, -0.15) is 0 Å². The molecular formula is C28H21N5S2. The first-order valence-corrected chi connectivity index (χ1v) is 13.1. The number of hydrogen-bond acceptors (Lipinski definition) is 6. The van der Waals surface area contributed by atoms with Crippen LogP contribution in [0.3, 0.4) is 0 Å². The van der Waals surface area contributed by atoms with E-state index in [2.05, 4.69) is 56.5 Å². The van der Waals surface area contributed by atoms with Crippen molar-refractivity contribution in [3.05, 3.63) is 102 Å². The van der Waals surface area contributed by atoms with Crippen molar-refractivity contribution in [1.82, 2.24) is 24.7 Å². The molecule has 0 saturated carbocycles. The highest BCUT2D eigenvalue weighted by Crippen LogP contribution is 2.33. The van der Waals surface area contributed by atoms with Crippen LogP contribution >= 0.6 is 23.1 Å². The van der Waals surface area contributed by atoms with E-state index in [-0.39, 0.29) is 0 Å². The van der Waals surface area contributed by atoms with Crippen molar-refractivity contribution < 1.29 is 0 Å². The summed E-state index contributed by atoms with van der Waals surface area (Å²) in [5.41, 5.74) is 6.16. The van der Waals surface area contributed by atoms with Gasteiger partial charge in [0.2, 0.25) is 0 Å². The van der Waals surface area contributed by atoms with Crippen LogP contribution in [-0.4, -0.2) is 24.7 Å². The lowest BCUT2D eigenvalue weighted by Crippen LogP contribution is -1.97. The topological polar surface area (TPSA) is 56.5 Å². The van der Waals surface area contributed by atoms with E-state index >= 15 is 0 Å². The first-order valence-electron chi connectivity index (χ1n) is 11.2. The largest absolute Gasteiger partial charge is 0.305 e. The molecule has 0 radical (unpaired) electrons. The van der Waals surface area contributed by atoms with Gasteiger partial charge >= 0.3 is 0 Å². The van der Waals surface area contributed by atoms with E-state index in [1.54, 1.807) is 23.1 Å². The van der Waals surface area contributed by atoms with Crippen molar-refractivity contribution in [2.45, 2.75) is 10.9 Å². The van der Waals surface area contributed by atoms with E-state index in [1.165, 1.54) is 0 Å². The SMILES string of the molecule is Cn1c(SCc2csc(-c3ccccc3)n2)nnc1-c1cc(-c2ccccc2)nc2ccccc12. The molecule has 0 saturated heterocycles. The van der Waals surface area contributed by atoms with Gasteiger partial charge < -0.3 is 4.57 Å². The second kappa shape index (κ2) is 9.44. The summed E-state index contributed by atoms with van der Waals surface area (Å²) < 4.78 is 2.06. The standard InChI is InChI=1S/C28H21N5S2/c1-33-26(23-16-25(19-10-4-2-5-11-19)30-24-15-9-8-14-22(23)24)31-32-28(33)35-18-21-17-34-27(29-21)20-12-6-3-7-13-20/h2-17H,18H2,1H3. The van der Waals surface area contributed by atoms with E-state index < -0.39 is 0 Å². The molecule has 35 heavy (non-hydrogen) atoms. The Bertz CT molecular complexity index is 1610. The van der Waals surface area contributed by atoms with Crippen LogP contribution in [0.25, 0.3) is 44.1 Å². The van der Waals surface area contributed by atoms with Crippen molar-refractivity contribution in [2.24, 2.45) is 7.05 Å². The normalized spacial score (nSPS) is 11.2. The summed E-state index contributed by atoms with van der Waals surface area (Å²) in [6.45, 7) is 0. The van der Waals surface area contributed by atoms with E-state index in [4.69, 9.17) is 9.97 Å². The van der Waals surface area contributed by atoms with E-state index in [0.717, 1.165) is 60.7 Å². The Kier molecular flexibility index (Phi) is 5.86. The van der Waals surface area contributed by atoms with Crippen LogP contribution < -0.4 is 0 Å². The molecule has 0 bridgehead atoms. The maximum atomic E-state index is 4.90. The van der Waals surface area contributed by atoms with Gasteiger partial charge in [-0.1, -0.05) is 90.6 Å². The molecule has 3 aromatic heterocycles. The molecule has 0 fully saturated rings. The highest BCUT2D eigenvalue weighted by atomic mass is 32.2. The molecule has 0 unspecified atom stereocenters. The molecule has 7 heteroatoms. The van der Waals surface area contributed by atoms with Crippen molar-refractivity contribution in [3.8, 4) is 33.2 Å². The molecule has 0 spiro atoms. The van der Waals surface area contributed by atoms with Crippen molar-refractivity contribution in [1.29, 1.82) is 0 Å². The van der Waals surface area contributed by atoms with E-state index in [9.17, 15) is 0 Å². The van der Waals surface area contributed by atoms with Gasteiger partial charge in [0, 0.05) is 40.3 Å². The predicted molar refractivity (Wildman–Crippen MR) is 144 cm³/mol. The fourth-order valence-electron chi connectivity index (χ4n) is 4.02. The Labute approximate surface area is 211 Å². The number of rotatable bonds is 6. The minimum absolute atomic E-state index is 0.738. The second-order valence-electron chi connectivity index (χ2n) is 8.10. The highest BCUT2D eigenvalue weighted by molar-refractivity contribution is 7.98. The number of aromatic nitrogens is 5. The van der Waals surface area contributed by atoms with Crippen LogP contribution in [-0.2, 0) is 12.8 Å². The molecule has 0 aliphatic rings. The fourth-order valence-corrected chi connectivity index (χ4v) is 5.75. The molecule has 0 N–H and O–H groups in total. The summed E-state index contributed by atoms with van der Waals surface area (Å²) in [4.78, 5) is 9.71. The lowest BCUT2D eigenvalue weighted by atomic mass is 10.0. The first kappa shape index (κ1) is 21.7. The van der Waals surface area contributed by atoms with Gasteiger partial charge in [-0.15, -0.1) is 21.5 Å². The van der Waals surface area contributed by atoms with Crippen LogP contribution in [0.15, 0.2) is 102 Å². The van der Waals surface area contributed by atoms with E-state index in [0.29, 0.717) is 0 Å². The Morgan fingerprint density at radius 2 is 1.51 bits per heavy atom. The summed E-state index contributed by atoms with van der Waals surface area (Å²) in [6.07, 6.45) is 0. The molecule has 0 amide bonds. The zero-order valence-electron chi connectivity index (χ0n) is 19.0. The summed E-state index contributed by atoms with van der Waals surface area (Å²) in [5, 5.41) is 14.2. The minimum atomic E-state index is 0.738. The molecule has 0 atom stereocenters. The molecular weight excluding hydrogens is 470 g/mol. The number of hydrogen-bond donors (Lipinski definition) is 0. The Balaban J connectivity index is 1.31. The van der Waals surface area contributed by atoms with Crippen LogP contribution in [0, 0.1) is 0 Å². The molecule has 0 aliphatic carbocycles. The van der Waals surface area contributed by atoms with E-state index in [1.807, 2.05) is 61.6 Å². The van der Waals surface area contributed by atoms with Crippen LogP contribution in [0.5, 0.6) is 0 Å². The number of fused-ring (bicyclic) bond motifs is 1. The van der Waals surface area contributed by atoms with Gasteiger partial charge in [-0.25, -0.2) is 9.97 Å². The second-order valence-corrected chi connectivity index (χ2v) is 9.90. The molecule has 6 aromatic rings. The summed E-state index contributed by atoms with van der Waals surface area (Å²) in [5.74, 6) is 1.56. The van der Waals surface area contributed by atoms with Crippen molar-refractivity contribution >= 4 is 34.0 Å². The Morgan fingerprint density at radius 1 is 0.800 bits per heavy atom. The maximum Gasteiger partial charge on any atom is 0.191 e. The number of thioether (sulfide) groups is 1. The van der Waals surface area contributed by atoms with Gasteiger partial charge in [-0.3, -0.25) is 0 Å². The third-order valence-electron chi connectivity index (χ3n) is 5.78. The van der Waals surface area contributed by atoms with Crippen molar-refractivity contribution in [3.63, 3.8) is 0 Å². The zero-order chi connectivity index (χ0) is 23.6. The minimum Gasteiger partial charge on any atom is -0.305 e. The third-order valence-corrected chi connectivity index (χ3v) is 7.78. The van der Waals surface area contributed by atoms with Crippen LogP contribution in [0.2, 0.25) is 0 Å². The third kappa shape index (κ3) is 4.36. The van der Waals surface area contributed by atoms with Crippen molar-refractivity contribution in [2.75, 3.05) is 0 Å². The number of benzene rings is 3. The predicted octanol–water partition coefficient (Wildman–Crippen LogP) is 7.11. The van der Waals surface area contributed by atoms with Crippen LogP contribution in [0.1, 0.15) is 5.69 Å². The van der Waals surface area contributed by atoms with Gasteiger partial charge in [-0.05, 0) is 12.1 Å². The molecule has 5 nitrogen and oxygen atoms in total. The molecule has 6 rings (SSSR count). The maximum absolute atomic E-state index is 4.90. The van der Waals surface area contributed by atoms with Crippen LogP contribution in [0.4, 0.5) is 0 Å². The summed E-state index contributed by atoms with van der Waals surface area (Å²) in [6, 6.07) is 30.8. The number of thiazole rings is 1. The first-order chi connectivity index (χ1) is 17.3. The molecule has 3 heterocycles. The number of para-hydroxylation sites is 1. The van der Waals surface area contributed by atoms with Gasteiger partial charge in [0.15, 0.2) is 11.0 Å². The Morgan fingerprint density at radius 3 is 2.31 bits per heavy atom. The lowest BCUT2D eigenvalue weighted by molar-refractivity contribution is 0.794. The lowest BCUT2D eigenvalue weighted by Gasteiger charge is -2.10. The Hall–Kier alpha value is -3.81. The average Bonchev–Trinajstić information content (AvgIpc) is 3.54. The average molecular weight is 492 g/mol. The summed E-state index contributed by atoms with van der Waals surface area (Å²) >= 11 is 3.32. The van der Waals surface area contributed by atoms with Gasteiger partial charge in [0.1, 0.15) is 5.01 Å². The number of pyridine rings is 1. The molecule has 3 aromatic carbocycles. The zero-order valence-corrected chi connectivity index (χ0v) is 20.6. The number of nitrogens with zero attached hydrogens (tertiary/aromatic N) is 5. The van der Waals surface area contributed by atoms with Gasteiger partial charge in [0.05, 0.1) is 16.9 Å². The summed E-state index contributed by atoms with van der Waals surface area (Å²) in [7, 11) is 2.02. The molecule has 170 valence electrons. The molecule has 0 aliphatic heterocycles. The van der Waals surface area contributed by atoms with Gasteiger partial charge in [0.25, 0.3) is 0 Å². The smallest absolute Gasteiger partial charge is 0.191 e. The monoisotopic (exact) mass is 491 g/mol.